The molecule has 0 aliphatic carbocycles. The predicted octanol–water partition coefficient (Wildman–Crippen LogP) is 3.68. The summed E-state index contributed by atoms with van der Waals surface area (Å²) in [5.74, 6) is -0.00449. The normalized spacial score (nSPS) is 14.1. The van der Waals surface area contributed by atoms with Crippen LogP contribution in [0.5, 0.6) is 0 Å². The number of carbonyl (C=O) groups excluding carboxylic acids is 3. The molecule has 0 fully saturated rings. The second kappa shape index (κ2) is 8.22. The molecule has 1 aliphatic heterocycles. The number of rotatable bonds is 6. The zero-order chi connectivity index (χ0) is 19.4. The standard InChI is InChI=1S/C21H20N2O3S/c1-3-27-19-18(16-9-11-17(12-10-16)22-14(2)24)20(25)23(21(19)26)13-15-7-5-4-6-8-15/h4-12H,3,13H2,1-2H3,(H,22,24). The number of imide groups is 1. The highest BCUT2D eigenvalue weighted by Gasteiger charge is 2.38. The van der Waals surface area contributed by atoms with Gasteiger partial charge in [-0.05, 0) is 29.0 Å². The van der Waals surface area contributed by atoms with Gasteiger partial charge in [0.15, 0.2) is 0 Å². The summed E-state index contributed by atoms with van der Waals surface area (Å²) < 4.78 is 0. The van der Waals surface area contributed by atoms with E-state index in [2.05, 4.69) is 5.32 Å². The van der Waals surface area contributed by atoms with Gasteiger partial charge in [0, 0.05) is 12.6 Å². The van der Waals surface area contributed by atoms with Gasteiger partial charge in [-0.1, -0.05) is 49.4 Å². The molecule has 0 spiro atoms. The van der Waals surface area contributed by atoms with Crippen LogP contribution in [-0.2, 0) is 20.9 Å². The minimum absolute atomic E-state index is 0.162. The lowest BCUT2D eigenvalue weighted by Gasteiger charge is -2.15. The van der Waals surface area contributed by atoms with E-state index in [0.29, 0.717) is 27.5 Å². The first-order chi connectivity index (χ1) is 13.0. The SMILES string of the molecule is CCSC1=C(c2ccc(NC(C)=O)cc2)C(=O)N(Cc2ccccc2)C1=O. The summed E-state index contributed by atoms with van der Waals surface area (Å²) >= 11 is 1.38. The van der Waals surface area contributed by atoms with Gasteiger partial charge < -0.3 is 5.32 Å². The van der Waals surface area contributed by atoms with Crippen LogP contribution in [0.2, 0.25) is 0 Å². The summed E-state index contributed by atoms with van der Waals surface area (Å²) in [7, 11) is 0. The molecule has 0 saturated heterocycles. The van der Waals surface area contributed by atoms with Gasteiger partial charge in [0.25, 0.3) is 11.8 Å². The first-order valence-corrected chi connectivity index (χ1v) is 9.65. The molecule has 0 radical (unpaired) electrons. The zero-order valence-electron chi connectivity index (χ0n) is 15.2. The maximum Gasteiger partial charge on any atom is 0.268 e. The van der Waals surface area contributed by atoms with Crippen LogP contribution in [0, 0.1) is 0 Å². The first kappa shape index (κ1) is 18.9. The topological polar surface area (TPSA) is 66.5 Å². The van der Waals surface area contributed by atoms with Crippen LogP contribution >= 0.6 is 11.8 Å². The molecule has 6 heteroatoms. The molecule has 0 aromatic heterocycles. The highest BCUT2D eigenvalue weighted by atomic mass is 32.2. The van der Waals surface area contributed by atoms with Crippen molar-refractivity contribution in [2.75, 3.05) is 11.1 Å². The summed E-state index contributed by atoms with van der Waals surface area (Å²) in [5.41, 5.74) is 2.66. The summed E-state index contributed by atoms with van der Waals surface area (Å²) in [5, 5.41) is 2.70. The summed E-state index contributed by atoms with van der Waals surface area (Å²) in [6.07, 6.45) is 0. The van der Waals surface area contributed by atoms with Crippen LogP contribution in [-0.4, -0.2) is 28.4 Å². The molecule has 27 heavy (non-hydrogen) atoms. The highest BCUT2D eigenvalue weighted by Crippen LogP contribution is 2.36. The van der Waals surface area contributed by atoms with E-state index in [4.69, 9.17) is 0 Å². The molecule has 2 aromatic carbocycles. The van der Waals surface area contributed by atoms with Crippen molar-refractivity contribution in [1.82, 2.24) is 4.90 Å². The Kier molecular flexibility index (Phi) is 5.76. The van der Waals surface area contributed by atoms with Crippen molar-refractivity contribution in [3.05, 3.63) is 70.6 Å². The molecular weight excluding hydrogens is 360 g/mol. The maximum absolute atomic E-state index is 13.0. The maximum atomic E-state index is 13.0. The molecule has 3 amide bonds. The van der Waals surface area contributed by atoms with E-state index >= 15 is 0 Å². The third-order valence-electron chi connectivity index (χ3n) is 4.09. The van der Waals surface area contributed by atoms with Gasteiger partial charge in [-0.15, -0.1) is 11.8 Å². The quantitative estimate of drug-likeness (QED) is 0.777. The fraction of sp³-hybridized carbons (Fsp3) is 0.190. The largest absolute Gasteiger partial charge is 0.326 e. The smallest absolute Gasteiger partial charge is 0.268 e. The highest BCUT2D eigenvalue weighted by molar-refractivity contribution is 8.04. The number of amides is 3. The number of nitrogens with zero attached hydrogens (tertiary/aromatic N) is 1. The van der Waals surface area contributed by atoms with Crippen molar-refractivity contribution in [3.63, 3.8) is 0 Å². The zero-order valence-corrected chi connectivity index (χ0v) is 16.0. The van der Waals surface area contributed by atoms with E-state index in [1.165, 1.54) is 23.6 Å². The van der Waals surface area contributed by atoms with Crippen LogP contribution < -0.4 is 5.32 Å². The van der Waals surface area contributed by atoms with Crippen LogP contribution in [0.3, 0.4) is 0 Å². The van der Waals surface area contributed by atoms with Crippen LogP contribution in [0.25, 0.3) is 5.57 Å². The number of carbonyl (C=O) groups is 3. The van der Waals surface area contributed by atoms with Crippen molar-refractivity contribution in [2.45, 2.75) is 20.4 Å². The Morgan fingerprint density at radius 2 is 1.67 bits per heavy atom. The van der Waals surface area contributed by atoms with E-state index in [0.717, 1.165) is 5.56 Å². The number of hydrogen-bond acceptors (Lipinski definition) is 4. The average Bonchev–Trinajstić information content (AvgIpc) is 2.88. The second-order valence-corrected chi connectivity index (χ2v) is 7.35. The molecule has 3 rings (SSSR count). The van der Waals surface area contributed by atoms with Crippen LogP contribution in [0.15, 0.2) is 59.5 Å². The number of thioether (sulfide) groups is 1. The monoisotopic (exact) mass is 380 g/mol. The average molecular weight is 380 g/mol. The molecular formula is C21H20N2O3S. The fourth-order valence-corrected chi connectivity index (χ4v) is 3.79. The summed E-state index contributed by atoms with van der Waals surface area (Å²) in [4.78, 5) is 38.9. The fourth-order valence-electron chi connectivity index (χ4n) is 2.92. The van der Waals surface area contributed by atoms with Crippen molar-refractivity contribution in [1.29, 1.82) is 0 Å². The third kappa shape index (κ3) is 4.11. The molecule has 138 valence electrons. The molecule has 0 atom stereocenters. The van der Waals surface area contributed by atoms with E-state index in [1.807, 2.05) is 37.3 Å². The van der Waals surface area contributed by atoms with E-state index < -0.39 is 0 Å². The molecule has 1 heterocycles. The van der Waals surface area contributed by atoms with E-state index in [9.17, 15) is 14.4 Å². The van der Waals surface area contributed by atoms with Gasteiger partial charge in [-0.2, -0.15) is 0 Å². The third-order valence-corrected chi connectivity index (χ3v) is 5.05. The van der Waals surface area contributed by atoms with Gasteiger partial charge >= 0.3 is 0 Å². The molecule has 0 saturated carbocycles. The van der Waals surface area contributed by atoms with Crippen molar-refractivity contribution < 1.29 is 14.4 Å². The van der Waals surface area contributed by atoms with Gasteiger partial charge in [-0.3, -0.25) is 19.3 Å². The molecule has 0 unspecified atom stereocenters. The van der Waals surface area contributed by atoms with Crippen molar-refractivity contribution >= 4 is 40.7 Å². The number of hydrogen-bond donors (Lipinski definition) is 1. The van der Waals surface area contributed by atoms with Gasteiger partial charge in [-0.25, -0.2) is 0 Å². The summed E-state index contributed by atoms with van der Waals surface area (Å²) in [6, 6.07) is 16.4. The van der Waals surface area contributed by atoms with Gasteiger partial charge in [0.2, 0.25) is 5.91 Å². The number of anilines is 1. The molecule has 5 nitrogen and oxygen atoms in total. The lowest BCUT2D eigenvalue weighted by molar-refractivity contribution is -0.137. The lowest BCUT2D eigenvalue weighted by Crippen LogP contribution is -2.30. The predicted molar refractivity (Wildman–Crippen MR) is 108 cm³/mol. The number of nitrogens with one attached hydrogen (secondary N) is 1. The molecule has 0 bridgehead atoms. The van der Waals surface area contributed by atoms with E-state index in [1.54, 1.807) is 24.3 Å². The Bertz CT molecular complexity index is 905. The Morgan fingerprint density at radius 1 is 1.00 bits per heavy atom. The minimum atomic E-state index is -0.285. The minimum Gasteiger partial charge on any atom is -0.326 e. The lowest BCUT2D eigenvalue weighted by atomic mass is 10.1. The number of benzene rings is 2. The van der Waals surface area contributed by atoms with Crippen molar-refractivity contribution in [3.8, 4) is 0 Å². The Morgan fingerprint density at radius 3 is 2.26 bits per heavy atom. The second-order valence-electron chi connectivity index (χ2n) is 6.08. The van der Waals surface area contributed by atoms with Crippen LogP contribution in [0.4, 0.5) is 5.69 Å². The van der Waals surface area contributed by atoms with Crippen molar-refractivity contribution in [2.24, 2.45) is 0 Å². The van der Waals surface area contributed by atoms with Gasteiger partial charge in [0.05, 0.1) is 17.0 Å². The molecule has 2 aromatic rings. The summed E-state index contributed by atoms with van der Waals surface area (Å²) in [6.45, 7) is 3.64. The first-order valence-electron chi connectivity index (χ1n) is 8.66. The Labute approximate surface area is 162 Å². The Balaban J connectivity index is 1.92. The van der Waals surface area contributed by atoms with Crippen LogP contribution in [0.1, 0.15) is 25.0 Å². The molecule has 1 aliphatic rings. The molecule has 1 N–H and O–H groups in total. The van der Waals surface area contributed by atoms with E-state index in [-0.39, 0.29) is 24.3 Å². The van der Waals surface area contributed by atoms with Gasteiger partial charge in [0.1, 0.15) is 0 Å². The Hall–Kier alpha value is -2.86.